The predicted molar refractivity (Wildman–Crippen MR) is 204 cm³/mol. The molecule has 1 aromatic heterocycles. The minimum absolute atomic E-state index is 0.0375. The van der Waals surface area contributed by atoms with Gasteiger partial charge in [-0.15, -0.1) is 5.06 Å². The highest BCUT2D eigenvalue weighted by atomic mass is 16.8. The minimum atomic E-state index is -2.16. The highest BCUT2D eigenvalue weighted by Gasteiger charge is 2.52. The Kier molecular flexibility index (Phi) is 12.6. The summed E-state index contributed by atoms with van der Waals surface area (Å²) in [5.74, 6) is -3.79. The number of methoxy groups -OCH3 is 1. The molecule has 0 spiro atoms. The van der Waals surface area contributed by atoms with Crippen molar-refractivity contribution in [1.82, 2.24) is 14.6 Å². The van der Waals surface area contributed by atoms with Gasteiger partial charge in [-0.05, 0) is 33.8 Å². The van der Waals surface area contributed by atoms with Crippen LogP contribution in [0.3, 0.4) is 0 Å². The molecule has 2 saturated heterocycles. The van der Waals surface area contributed by atoms with Crippen LogP contribution in [0.5, 0.6) is 17.2 Å². The van der Waals surface area contributed by atoms with E-state index in [9.17, 15) is 50.3 Å². The first-order chi connectivity index (χ1) is 28.9. The number of rotatable bonds is 12. The number of imidazole rings is 1. The van der Waals surface area contributed by atoms with Crippen molar-refractivity contribution in [3.8, 4) is 17.2 Å². The van der Waals surface area contributed by atoms with Crippen LogP contribution in [0, 0.1) is 0 Å². The van der Waals surface area contributed by atoms with E-state index in [0.29, 0.717) is 5.69 Å². The number of Topliss-reactive ketones (excluding diaryl/α,β-unsaturated/α-hetero) is 1. The number of nitrogens with zero attached hydrogens (tertiary/aromatic N) is 4. The SMILES string of the molecule is COc1cccc2c1C(=O)c1c(O)c3c(c(O)c1C2=O)CC(O)(C(C)=O)CC3OC1CC2C(OC(CC(C)O)OC(C)C(O)N2OCOCc2cnc(N(O)O)n2C)C(C)O1. The molecule has 61 heavy (non-hydrogen) atoms. The van der Waals surface area contributed by atoms with Crippen molar-refractivity contribution >= 4 is 23.3 Å². The molecule has 2 aromatic carbocycles. The van der Waals surface area contributed by atoms with Crippen LogP contribution in [0.15, 0.2) is 24.4 Å². The summed E-state index contributed by atoms with van der Waals surface area (Å²) in [5.41, 5.74) is -3.22. The van der Waals surface area contributed by atoms with Gasteiger partial charge in [0, 0.05) is 49.4 Å². The summed E-state index contributed by atoms with van der Waals surface area (Å²) in [6, 6.07) is 3.45. The molecule has 4 aliphatic rings. The third-order valence-electron chi connectivity index (χ3n) is 11.7. The third-order valence-corrected chi connectivity index (χ3v) is 11.7. The summed E-state index contributed by atoms with van der Waals surface area (Å²) in [5, 5.41) is 77.3. The van der Waals surface area contributed by atoms with E-state index in [1.807, 2.05) is 0 Å². The fourth-order valence-corrected chi connectivity index (χ4v) is 8.52. The van der Waals surface area contributed by atoms with E-state index < -0.39 is 121 Å². The van der Waals surface area contributed by atoms with Crippen LogP contribution in [0.25, 0.3) is 0 Å². The fourth-order valence-electron chi connectivity index (χ4n) is 8.52. The number of aromatic hydroxyl groups is 2. The lowest BCUT2D eigenvalue weighted by Gasteiger charge is -2.50. The second-order valence-corrected chi connectivity index (χ2v) is 15.8. The van der Waals surface area contributed by atoms with Crippen molar-refractivity contribution in [2.24, 2.45) is 7.05 Å². The molecule has 332 valence electrons. The number of phenols is 2. The van der Waals surface area contributed by atoms with E-state index >= 15 is 0 Å². The number of phenolic OH excluding ortho intramolecular Hbond substituents is 2. The maximum absolute atomic E-state index is 14.1. The van der Waals surface area contributed by atoms with Gasteiger partial charge in [-0.25, -0.2) is 4.98 Å². The van der Waals surface area contributed by atoms with Crippen LogP contribution in [-0.4, -0.2) is 137 Å². The highest BCUT2D eigenvalue weighted by molar-refractivity contribution is 6.31. The lowest BCUT2D eigenvalue weighted by atomic mass is 9.72. The number of ether oxygens (including phenoxy) is 6. The molecular weight excluding hydrogens is 808 g/mol. The summed E-state index contributed by atoms with van der Waals surface area (Å²) in [6.45, 7) is 5.37. The first-order valence-corrected chi connectivity index (χ1v) is 19.6. The van der Waals surface area contributed by atoms with Crippen molar-refractivity contribution in [3.05, 3.63) is 63.5 Å². The molecule has 21 heteroatoms. The highest BCUT2D eigenvalue weighted by Crippen LogP contribution is 2.53. The number of anilines is 1. The molecule has 7 rings (SSSR count). The Balaban J connectivity index is 1.22. The van der Waals surface area contributed by atoms with Gasteiger partial charge in [-0.2, -0.15) is 0 Å². The molecule has 0 amide bonds. The smallest absolute Gasteiger partial charge is 0.257 e. The van der Waals surface area contributed by atoms with Crippen molar-refractivity contribution in [2.45, 2.75) is 121 Å². The van der Waals surface area contributed by atoms with Crippen LogP contribution in [0.2, 0.25) is 0 Å². The van der Waals surface area contributed by atoms with Gasteiger partial charge in [-0.3, -0.25) is 29.6 Å². The number of ketones is 3. The third kappa shape index (κ3) is 8.12. The van der Waals surface area contributed by atoms with Gasteiger partial charge in [0.25, 0.3) is 5.95 Å². The second kappa shape index (κ2) is 17.3. The molecule has 2 aliphatic carbocycles. The zero-order valence-electron chi connectivity index (χ0n) is 34.3. The van der Waals surface area contributed by atoms with Crippen molar-refractivity contribution < 1.29 is 83.6 Å². The molecule has 21 nitrogen and oxygen atoms in total. The van der Waals surface area contributed by atoms with Crippen molar-refractivity contribution in [2.75, 3.05) is 19.1 Å². The Bertz CT molecular complexity index is 2180. The Hall–Kier alpha value is -4.62. The van der Waals surface area contributed by atoms with E-state index in [2.05, 4.69) is 4.98 Å². The van der Waals surface area contributed by atoms with E-state index in [-0.39, 0.29) is 58.6 Å². The van der Waals surface area contributed by atoms with Gasteiger partial charge in [0.2, 0.25) is 5.78 Å². The number of aromatic nitrogens is 2. The Morgan fingerprint density at radius 1 is 1.07 bits per heavy atom. The number of hydroxylamine groups is 2. The van der Waals surface area contributed by atoms with E-state index in [1.54, 1.807) is 20.8 Å². The lowest BCUT2D eigenvalue weighted by molar-refractivity contribution is -0.390. The summed E-state index contributed by atoms with van der Waals surface area (Å²) >= 11 is 0. The molecule has 2 aliphatic heterocycles. The number of hydrogen-bond acceptors (Lipinski definition) is 20. The second-order valence-electron chi connectivity index (χ2n) is 15.8. The summed E-state index contributed by atoms with van der Waals surface area (Å²) in [4.78, 5) is 51.0. The lowest BCUT2D eigenvalue weighted by Crippen LogP contribution is -2.63. The maximum Gasteiger partial charge on any atom is 0.257 e. The van der Waals surface area contributed by atoms with Gasteiger partial charge in [-0.1, -0.05) is 17.4 Å². The Labute approximate surface area is 349 Å². The number of aliphatic hydroxyl groups excluding tert-OH is 2. The van der Waals surface area contributed by atoms with Crippen molar-refractivity contribution in [1.29, 1.82) is 0 Å². The molecule has 7 N–H and O–H groups in total. The van der Waals surface area contributed by atoms with Crippen LogP contribution >= 0.6 is 0 Å². The topological polar surface area (TPSA) is 282 Å². The average Bonchev–Trinajstić information content (AvgIpc) is 3.57. The monoisotopic (exact) mass is 858 g/mol. The predicted octanol–water partition coefficient (Wildman–Crippen LogP) is 1.65. The molecule has 2 fully saturated rings. The molecular formula is C40H50N4O17. The number of hydrogen-bond donors (Lipinski definition) is 7. The first-order valence-electron chi connectivity index (χ1n) is 19.6. The number of fused-ring (bicyclic) bond motifs is 4. The normalized spacial score (nSPS) is 29.4. The molecule has 3 aromatic rings. The van der Waals surface area contributed by atoms with Gasteiger partial charge < -0.3 is 58.5 Å². The fraction of sp³-hybridized carbons (Fsp3) is 0.550. The van der Waals surface area contributed by atoms with Crippen molar-refractivity contribution in [3.63, 3.8) is 0 Å². The number of carbonyl (C=O) groups is 3. The largest absolute Gasteiger partial charge is 0.507 e. The van der Waals surface area contributed by atoms with E-state index in [0.717, 1.165) is 6.92 Å². The summed E-state index contributed by atoms with van der Waals surface area (Å²) in [6.07, 6.45) is -8.49. The summed E-state index contributed by atoms with van der Waals surface area (Å²) in [7, 11) is 2.85. The van der Waals surface area contributed by atoms with Crippen LogP contribution in [0.1, 0.15) is 102 Å². The van der Waals surface area contributed by atoms with Gasteiger partial charge in [0.05, 0.1) is 72.8 Å². The Morgan fingerprint density at radius 2 is 1.79 bits per heavy atom. The standard InChI is InChI=1S/C40H50N4O17/c1-17(45)10-27-59-19(3)38(51)43(57-16-56-15-21-14-41-39(42(21)5)44(53)54)24-11-28(58-18(2)37(24)61-27)60-26-13-40(52,20(4)46)12-23-30(26)36(50)32-31(34(23)48)33(47)22-8-7-9-25(55-6)29(22)35(32)49/h7-9,14,17-19,24,26-28,37-38,45,48,50-54H,10-13,15-16H2,1-6H3. The molecule has 0 bridgehead atoms. The number of carbonyl (C=O) groups excluding carboxylic acids is 3. The van der Waals surface area contributed by atoms with E-state index in [1.165, 1.54) is 48.2 Å². The molecule has 10 atom stereocenters. The van der Waals surface area contributed by atoms with E-state index in [4.69, 9.17) is 33.3 Å². The zero-order chi connectivity index (χ0) is 44.2. The quantitative estimate of drug-likeness (QED) is 0.0462. The van der Waals surface area contributed by atoms with Gasteiger partial charge in [0.1, 0.15) is 29.0 Å². The summed E-state index contributed by atoms with van der Waals surface area (Å²) < 4.78 is 37.7. The molecule has 0 radical (unpaired) electrons. The number of benzene rings is 2. The number of aliphatic hydroxyl groups is 3. The first kappa shape index (κ1) is 44.4. The Morgan fingerprint density at radius 3 is 2.44 bits per heavy atom. The van der Waals surface area contributed by atoms with Crippen LogP contribution in [-0.2, 0) is 53.4 Å². The minimum Gasteiger partial charge on any atom is -0.507 e. The van der Waals surface area contributed by atoms with Gasteiger partial charge in [0.15, 0.2) is 37.2 Å². The molecule has 0 saturated carbocycles. The van der Waals surface area contributed by atoms with Gasteiger partial charge >= 0.3 is 0 Å². The van der Waals surface area contributed by atoms with Crippen LogP contribution < -0.4 is 9.96 Å². The van der Waals surface area contributed by atoms with Crippen LogP contribution in [0.4, 0.5) is 5.95 Å². The average molecular weight is 859 g/mol. The maximum atomic E-state index is 14.1. The zero-order valence-corrected chi connectivity index (χ0v) is 34.3. The molecule has 3 heterocycles. The molecule has 10 unspecified atom stereocenters.